The molecule has 2 rings (SSSR count). The molecule has 2 aromatic carbocycles. The van der Waals surface area contributed by atoms with Gasteiger partial charge in [0.15, 0.2) is 0 Å². The smallest absolute Gasteiger partial charge is 0.337 e. The SMILES string of the molecule is COC(=O)c1ccc(N(CC(=O)Nc2cccc(Cl)c2)C(C)=O)cc1. The zero-order valence-electron chi connectivity index (χ0n) is 13.8. The maximum atomic E-state index is 12.2. The number of hydrogen-bond donors (Lipinski definition) is 1. The van der Waals surface area contributed by atoms with E-state index in [4.69, 9.17) is 11.6 Å². The molecule has 0 atom stereocenters. The molecule has 0 aliphatic rings. The molecule has 0 saturated carbocycles. The summed E-state index contributed by atoms with van der Waals surface area (Å²) in [6.07, 6.45) is 0. The van der Waals surface area contributed by atoms with E-state index in [9.17, 15) is 14.4 Å². The first-order valence-electron chi connectivity index (χ1n) is 7.42. The Hall–Kier alpha value is -2.86. The van der Waals surface area contributed by atoms with E-state index in [0.29, 0.717) is 22.0 Å². The molecule has 0 bridgehead atoms. The van der Waals surface area contributed by atoms with Gasteiger partial charge in [0.1, 0.15) is 6.54 Å². The van der Waals surface area contributed by atoms with E-state index in [-0.39, 0.29) is 18.4 Å². The van der Waals surface area contributed by atoms with Gasteiger partial charge in [0.2, 0.25) is 11.8 Å². The minimum Gasteiger partial charge on any atom is -0.465 e. The van der Waals surface area contributed by atoms with Gasteiger partial charge in [0.05, 0.1) is 12.7 Å². The lowest BCUT2D eigenvalue weighted by molar-refractivity contribution is -0.120. The number of amides is 2. The zero-order valence-corrected chi connectivity index (χ0v) is 14.5. The largest absolute Gasteiger partial charge is 0.465 e. The molecule has 7 heteroatoms. The summed E-state index contributed by atoms with van der Waals surface area (Å²) in [4.78, 5) is 36.9. The fraction of sp³-hybridized carbons (Fsp3) is 0.167. The van der Waals surface area contributed by atoms with Crippen LogP contribution < -0.4 is 10.2 Å². The number of methoxy groups -OCH3 is 1. The number of esters is 1. The standard InChI is InChI=1S/C18H17ClN2O4/c1-12(22)21(16-8-6-13(7-9-16)18(24)25-2)11-17(23)20-15-5-3-4-14(19)10-15/h3-10H,11H2,1-2H3,(H,20,23). The Balaban J connectivity index is 2.11. The van der Waals surface area contributed by atoms with Crippen molar-refractivity contribution in [2.24, 2.45) is 0 Å². The Morgan fingerprint density at radius 3 is 2.36 bits per heavy atom. The van der Waals surface area contributed by atoms with Gasteiger partial charge in [-0.3, -0.25) is 9.59 Å². The predicted octanol–water partition coefficient (Wildman–Crippen LogP) is 3.12. The highest BCUT2D eigenvalue weighted by Gasteiger charge is 2.17. The van der Waals surface area contributed by atoms with Crippen molar-refractivity contribution < 1.29 is 19.1 Å². The number of rotatable bonds is 5. The van der Waals surface area contributed by atoms with Crippen LogP contribution in [0.15, 0.2) is 48.5 Å². The second-order valence-electron chi connectivity index (χ2n) is 5.20. The molecule has 0 spiro atoms. The van der Waals surface area contributed by atoms with Crippen molar-refractivity contribution in [1.82, 2.24) is 0 Å². The predicted molar refractivity (Wildman–Crippen MR) is 95.9 cm³/mol. The summed E-state index contributed by atoms with van der Waals surface area (Å²) in [6.45, 7) is 1.19. The third kappa shape index (κ3) is 5.06. The molecule has 130 valence electrons. The van der Waals surface area contributed by atoms with Crippen LogP contribution in [0.25, 0.3) is 0 Å². The summed E-state index contributed by atoms with van der Waals surface area (Å²) < 4.78 is 4.63. The van der Waals surface area contributed by atoms with Crippen molar-refractivity contribution in [3.8, 4) is 0 Å². The summed E-state index contributed by atoms with van der Waals surface area (Å²) in [5, 5.41) is 3.18. The van der Waals surface area contributed by atoms with Crippen molar-refractivity contribution in [3.63, 3.8) is 0 Å². The van der Waals surface area contributed by atoms with Crippen molar-refractivity contribution in [1.29, 1.82) is 0 Å². The maximum absolute atomic E-state index is 12.2. The van der Waals surface area contributed by atoms with E-state index in [1.54, 1.807) is 36.4 Å². The molecule has 0 fully saturated rings. The van der Waals surface area contributed by atoms with Crippen LogP contribution in [0, 0.1) is 0 Å². The summed E-state index contributed by atoms with van der Waals surface area (Å²) in [6, 6.07) is 13.0. The third-order valence-electron chi connectivity index (χ3n) is 3.39. The fourth-order valence-corrected chi connectivity index (χ4v) is 2.38. The Morgan fingerprint density at radius 1 is 1.12 bits per heavy atom. The van der Waals surface area contributed by atoms with Crippen molar-refractivity contribution >= 4 is 40.8 Å². The number of nitrogens with zero attached hydrogens (tertiary/aromatic N) is 1. The molecular weight excluding hydrogens is 344 g/mol. The number of carbonyl (C=O) groups is 3. The van der Waals surface area contributed by atoms with Gasteiger partial charge in [-0.2, -0.15) is 0 Å². The number of ether oxygens (including phenoxy) is 1. The minimum absolute atomic E-state index is 0.167. The number of anilines is 2. The van der Waals surface area contributed by atoms with Gasteiger partial charge in [-0.1, -0.05) is 17.7 Å². The molecule has 0 radical (unpaired) electrons. The molecule has 0 heterocycles. The monoisotopic (exact) mass is 360 g/mol. The average Bonchev–Trinajstić information content (AvgIpc) is 2.59. The second-order valence-corrected chi connectivity index (χ2v) is 5.64. The normalized spacial score (nSPS) is 10.0. The molecule has 6 nitrogen and oxygen atoms in total. The molecule has 0 aliphatic heterocycles. The van der Waals surface area contributed by atoms with E-state index in [1.165, 1.54) is 31.1 Å². The Bertz CT molecular complexity index is 790. The van der Waals surface area contributed by atoms with Crippen LogP contribution in [0.1, 0.15) is 17.3 Å². The summed E-state index contributed by atoms with van der Waals surface area (Å²) in [7, 11) is 1.29. The third-order valence-corrected chi connectivity index (χ3v) is 3.63. The van der Waals surface area contributed by atoms with Crippen LogP contribution >= 0.6 is 11.6 Å². The van der Waals surface area contributed by atoms with E-state index in [0.717, 1.165) is 0 Å². The van der Waals surface area contributed by atoms with Crippen LogP contribution in [0.2, 0.25) is 5.02 Å². The van der Waals surface area contributed by atoms with Gasteiger partial charge >= 0.3 is 5.97 Å². The molecule has 0 aromatic heterocycles. The van der Waals surface area contributed by atoms with Crippen molar-refractivity contribution in [2.75, 3.05) is 23.9 Å². The maximum Gasteiger partial charge on any atom is 0.337 e. The van der Waals surface area contributed by atoms with Gasteiger partial charge in [0.25, 0.3) is 0 Å². The summed E-state index contributed by atoms with van der Waals surface area (Å²) >= 11 is 5.88. The highest BCUT2D eigenvalue weighted by atomic mass is 35.5. The van der Waals surface area contributed by atoms with Gasteiger partial charge in [0, 0.05) is 23.3 Å². The second kappa shape index (κ2) is 8.30. The molecule has 2 aromatic rings. The van der Waals surface area contributed by atoms with E-state index in [1.807, 2.05) is 0 Å². The first-order chi connectivity index (χ1) is 11.9. The first-order valence-corrected chi connectivity index (χ1v) is 7.80. The van der Waals surface area contributed by atoms with Crippen LogP contribution in [-0.2, 0) is 14.3 Å². The number of nitrogens with one attached hydrogen (secondary N) is 1. The average molecular weight is 361 g/mol. The van der Waals surface area contributed by atoms with Crippen LogP contribution in [-0.4, -0.2) is 31.4 Å². The summed E-state index contributed by atoms with van der Waals surface area (Å²) in [5.41, 5.74) is 1.40. The van der Waals surface area contributed by atoms with Gasteiger partial charge in [-0.05, 0) is 42.5 Å². The van der Waals surface area contributed by atoms with Crippen molar-refractivity contribution in [2.45, 2.75) is 6.92 Å². The zero-order chi connectivity index (χ0) is 18.4. The number of halogens is 1. The minimum atomic E-state index is -0.473. The Labute approximate surface area is 150 Å². The van der Waals surface area contributed by atoms with E-state index >= 15 is 0 Å². The fourth-order valence-electron chi connectivity index (χ4n) is 2.19. The number of benzene rings is 2. The van der Waals surface area contributed by atoms with Crippen LogP contribution in [0.5, 0.6) is 0 Å². The van der Waals surface area contributed by atoms with E-state index < -0.39 is 5.97 Å². The molecule has 0 unspecified atom stereocenters. The van der Waals surface area contributed by atoms with Gasteiger partial charge < -0.3 is 15.0 Å². The molecular formula is C18H17ClN2O4. The molecule has 1 N–H and O–H groups in total. The Morgan fingerprint density at radius 2 is 1.80 bits per heavy atom. The highest BCUT2D eigenvalue weighted by molar-refractivity contribution is 6.30. The van der Waals surface area contributed by atoms with E-state index in [2.05, 4.69) is 10.1 Å². The Kier molecular flexibility index (Phi) is 6.14. The molecule has 25 heavy (non-hydrogen) atoms. The lowest BCUT2D eigenvalue weighted by atomic mass is 10.2. The van der Waals surface area contributed by atoms with Crippen LogP contribution in [0.3, 0.4) is 0 Å². The molecule has 0 aliphatic carbocycles. The lowest BCUT2D eigenvalue weighted by Crippen LogP contribution is -2.36. The highest BCUT2D eigenvalue weighted by Crippen LogP contribution is 2.18. The molecule has 0 saturated heterocycles. The summed E-state index contributed by atoms with van der Waals surface area (Å²) in [5.74, 6) is -1.14. The number of carbonyl (C=O) groups excluding carboxylic acids is 3. The van der Waals surface area contributed by atoms with Crippen molar-refractivity contribution in [3.05, 3.63) is 59.1 Å². The number of hydrogen-bond acceptors (Lipinski definition) is 4. The van der Waals surface area contributed by atoms with Crippen LogP contribution in [0.4, 0.5) is 11.4 Å². The van der Waals surface area contributed by atoms with Gasteiger partial charge in [-0.15, -0.1) is 0 Å². The quantitative estimate of drug-likeness (QED) is 0.831. The molecule has 2 amide bonds. The van der Waals surface area contributed by atoms with Gasteiger partial charge in [-0.25, -0.2) is 4.79 Å². The topological polar surface area (TPSA) is 75.7 Å². The first kappa shape index (κ1) is 18.5. The lowest BCUT2D eigenvalue weighted by Gasteiger charge is -2.21.